The van der Waals surface area contributed by atoms with Crippen molar-refractivity contribution in [2.24, 2.45) is 27.0 Å². The quantitative estimate of drug-likeness (QED) is 0.0441. The molecule has 21 heteroatoms. The number of aliphatic hydroxyl groups is 1. The lowest BCUT2D eigenvalue weighted by atomic mass is 9.66. The van der Waals surface area contributed by atoms with Gasteiger partial charge in [-0.15, -0.1) is 15.6 Å². The molecule has 1 aromatic heterocycles. The number of fused-ring (bicyclic) bond motifs is 1. The number of aliphatic carboxylic acids is 1. The number of aliphatic hydroxyl groups excluding tert-OH is 1. The Kier molecular flexibility index (Phi) is 9.86. The first-order valence-corrected chi connectivity index (χ1v) is 17.5. The molecule has 2 fully saturated rings. The summed E-state index contributed by atoms with van der Waals surface area (Å²) in [7, 11) is -5.04. The van der Waals surface area contributed by atoms with Gasteiger partial charge < -0.3 is 42.3 Å². The largest absolute Gasteiger partial charge is 0.485 e. The molecule has 10 N–H and O–H groups in total. The van der Waals surface area contributed by atoms with E-state index in [0.29, 0.717) is 48.0 Å². The van der Waals surface area contributed by atoms with Crippen molar-refractivity contribution in [2.75, 3.05) is 18.9 Å². The summed E-state index contributed by atoms with van der Waals surface area (Å²) in [6.07, 6.45) is 0.719. The van der Waals surface area contributed by atoms with E-state index >= 15 is 0 Å². The predicted molar refractivity (Wildman–Crippen MR) is 177 cm³/mol. The molecule has 2 aliphatic heterocycles. The zero-order chi connectivity index (χ0) is 36.8. The number of benzene rings is 1. The molecular formula is C29H38N8O11S2. The average Bonchev–Trinajstić information content (AvgIpc) is 3.48. The molecule has 2 aromatic rings. The molecule has 3 aliphatic rings. The molecule has 1 aliphatic carbocycles. The number of hydrogen-bond acceptors (Lipinski definition) is 15. The highest BCUT2D eigenvalue weighted by molar-refractivity contribution is 7.80. The van der Waals surface area contributed by atoms with Crippen LogP contribution < -0.4 is 27.3 Å². The number of carbonyl (C=O) groups excluding carboxylic acids is 2. The third kappa shape index (κ3) is 7.09. The van der Waals surface area contributed by atoms with E-state index in [1.54, 1.807) is 12.1 Å². The van der Waals surface area contributed by atoms with Crippen LogP contribution in [0, 0.1) is 5.41 Å². The van der Waals surface area contributed by atoms with Crippen LogP contribution in [0.4, 0.5) is 5.13 Å². The fourth-order valence-electron chi connectivity index (χ4n) is 5.99. The molecule has 19 nitrogen and oxygen atoms in total. The average molecular weight is 739 g/mol. The van der Waals surface area contributed by atoms with Crippen molar-refractivity contribution < 1.29 is 51.4 Å². The number of nitrogens with two attached hydrogens (primary N) is 3. The third-order valence-corrected chi connectivity index (χ3v) is 10.2. The number of aromatic nitrogens is 1. The van der Waals surface area contributed by atoms with Crippen molar-refractivity contribution in [1.29, 1.82) is 0 Å². The number of carboxylic acid groups (broad SMARTS) is 1. The van der Waals surface area contributed by atoms with Crippen LogP contribution >= 0.6 is 11.3 Å². The van der Waals surface area contributed by atoms with Crippen molar-refractivity contribution in [3.8, 4) is 5.75 Å². The van der Waals surface area contributed by atoms with Crippen LogP contribution in [0.2, 0.25) is 0 Å². The van der Waals surface area contributed by atoms with Crippen LogP contribution in [0.1, 0.15) is 56.9 Å². The lowest BCUT2D eigenvalue weighted by Gasteiger charge is -2.50. The number of hydroxylamine groups is 2. The van der Waals surface area contributed by atoms with Crippen molar-refractivity contribution in [1.82, 2.24) is 15.4 Å². The third-order valence-electron chi connectivity index (χ3n) is 9.20. The molecule has 1 saturated heterocycles. The number of β-lactam (4-membered cyclic amide) rings is 1. The number of thiazole rings is 1. The first kappa shape index (κ1) is 36.9. The Bertz CT molecular complexity index is 1850. The number of hydrogen-bond donors (Lipinski definition) is 7. The van der Waals surface area contributed by atoms with Crippen molar-refractivity contribution in [2.45, 2.75) is 75.8 Å². The molecule has 0 radical (unpaired) electrons. The SMILES string of the molecule is CC1(C)[C@H](NC(=O)/C(=N\O[C@](C)(C(=O)O)[C@H]2CCc3cc(C(N)=NC4CC(CN)(CO)C4)ccc3O2)c2csc(N)n2)C(=O)N1OS(=O)(=O)O. The summed E-state index contributed by atoms with van der Waals surface area (Å²) in [4.78, 5) is 52.9. The number of nitrogens with zero attached hydrogens (tertiary/aromatic N) is 4. The summed E-state index contributed by atoms with van der Waals surface area (Å²) in [5.41, 5.74) is 14.7. The standard InChI is InChI=1S/C29H38N8O11S2/c1-27(2)21(24(40)37(27)48-50(43,44)45)35-23(39)20(17-11-49-26(32)34-17)36-47-28(3,25(41)42)19-7-5-14-8-15(4-6-18(14)46-19)22(31)33-16-9-29(10-16,12-30)13-38/h4,6,8,11,16,19,21,38H,5,7,9-10,12-13,30H2,1-3H3,(H2,31,33)(H2,32,34)(H,35,39)(H,41,42)(H,43,44,45)/b36-20-/t16?,19-,21-,28+,29?/m1/s1. The molecule has 1 saturated carbocycles. The Morgan fingerprint density at radius 3 is 2.56 bits per heavy atom. The maximum absolute atomic E-state index is 13.5. The summed E-state index contributed by atoms with van der Waals surface area (Å²) in [5.74, 6) is -2.79. The maximum atomic E-state index is 13.5. The Morgan fingerprint density at radius 2 is 2.00 bits per heavy atom. The van der Waals surface area contributed by atoms with Gasteiger partial charge in [-0.2, -0.15) is 13.5 Å². The number of anilines is 1. The summed E-state index contributed by atoms with van der Waals surface area (Å²) >= 11 is 0.956. The van der Waals surface area contributed by atoms with Crippen molar-refractivity contribution in [3.05, 3.63) is 40.4 Å². The molecule has 1 aromatic carbocycles. The van der Waals surface area contributed by atoms with Gasteiger partial charge in [-0.1, -0.05) is 5.16 Å². The van der Waals surface area contributed by atoms with E-state index in [2.05, 4.69) is 24.7 Å². The van der Waals surface area contributed by atoms with E-state index in [1.165, 1.54) is 26.2 Å². The lowest BCUT2D eigenvalue weighted by Crippen LogP contribution is -2.76. The Hall–Kier alpha value is -4.41. The van der Waals surface area contributed by atoms with Crippen molar-refractivity contribution >= 4 is 56.2 Å². The van der Waals surface area contributed by atoms with Crippen LogP contribution in [-0.4, -0.2) is 105 Å². The van der Waals surface area contributed by atoms with Gasteiger partial charge in [-0.25, -0.2) is 9.78 Å². The number of aryl methyl sites for hydroxylation is 1. The molecule has 5 rings (SSSR count). The minimum absolute atomic E-state index is 0.0123. The van der Waals surface area contributed by atoms with Crippen LogP contribution in [0.15, 0.2) is 33.7 Å². The van der Waals surface area contributed by atoms with E-state index in [0.717, 1.165) is 16.9 Å². The second kappa shape index (κ2) is 13.4. The molecule has 3 atom stereocenters. The van der Waals surface area contributed by atoms with E-state index in [-0.39, 0.29) is 35.3 Å². The van der Waals surface area contributed by atoms with Gasteiger partial charge in [0.1, 0.15) is 23.3 Å². The molecule has 0 bridgehead atoms. The van der Waals surface area contributed by atoms with E-state index < -0.39 is 57.2 Å². The molecule has 0 unspecified atom stereocenters. The van der Waals surface area contributed by atoms with Gasteiger partial charge in [0, 0.05) is 22.9 Å². The first-order valence-electron chi connectivity index (χ1n) is 15.3. The molecule has 50 heavy (non-hydrogen) atoms. The number of carbonyl (C=O) groups is 3. The van der Waals surface area contributed by atoms with E-state index in [4.69, 9.17) is 31.3 Å². The number of amidine groups is 1. The first-order chi connectivity index (χ1) is 23.3. The molecule has 3 heterocycles. The van der Waals surface area contributed by atoms with Crippen LogP contribution in [0.5, 0.6) is 5.75 Å². The van der Waals surface area contributed by atoms with Crippen molar-refractivity contribution in [3.63, 3.8) is 0 Å². The number of carboxylic acids is 1. The number of nitrogen functional groups attached to an aromatic ring is 1. The van der Waals surface area contributed by atoms with Gasteiger partial charge in [0.15, 0.2) is 16.9 Å². The van der Waals surface area contributed by atoms with Crippen LogP contribution in [-0.2, 0) is 40.3 Å². The smallest absolute Gasteiger partial charge is 0.418 e. The monoisotopic (exact) mass is 738 g/mol. The van der Waals surface area contributed by atoms with Crippen LogP contribution in [0.3, 0.4) is 0 Å². The second-order valence-electron chi connectivity index (χ2n) is 13.1. The maximum Gasteiger partial charge on any atom is 0.418 e. The second-order valence-corrected chi connectivity index (χ2v) is 15.0. The van der Waals surface area contributed by atoms with E-state index in [9.17, 15) is 33.0 Å². The Balaban J connectivity index is 1.33. The topological polar surface area (TPSA) is 305 Å². The van der Waals surface area contributed by atoms with Crippen LogP contribution in [0.25, 0.3) is 0 Å². The summed E-state index contributed by atoms with van der Waals surface area (Å²) < 4.78 is 41.7. The molecule has 2 amide bonds. The highest BCUT2D eigenvalue weighted by Crippen LogP contribution is 2.42. The lowest BCUT2D eigenvalue weighted by molar-refractivity contribution is -0.218. The number of nitrogens with one attached hydrogen (secondary N) is 1. The fraction of sp³-hybridized carbons (Fsp3) is 0.517. The van der Waals surface area contributed by atoms with Gasteiger partial charge in [-0.05, 0) is 70.2 Å². The normalized spacial score (nSPS) is 26.1. The number of oxime groups is 1. The van der Waals surface area contributed by atoms with Gasteiger partial charge in [-0.3, -0.25) is 19.1 Å². The zero-order valence-corrected chi connectivity index (χ0v) is 28.9. The van der Waals surface area contributed by atoms with Gasteiger partial charge in [0.05, 0.1) is 18.2 Å². The van der Waals surface area contributed by atoms with E-state index in [1.807, 2.05) is 6.07 Å². The number of amides is 2. The number of rotatable bonds is 13. The molecular weight excluding hydrogens is 700 g/mol. The summed E-state index contributed by atoms with van der Waals surface area (Å²) in [6, 6.07) is 3.74. The highest BCUT2D eigenvalue weighted by atomic mass is 32.3. The van der Waals surface area contributed by atoms with Gasteiger partial charge >= 0.3 is 16.4 Å². The highest BCUT2D eigenvalue weighted by Gasteiger charge is 2.58. The fourth-order valence-corrected chi connectivity index (χ4v) is 7.00. The molecule has 272 valence electrons. The predicted octanol–water partition coefficient (Wildman–Crippen LogP) is -0.672. The van der Waals surface area contributed by atoms with Gasteiger partial charge in [0.25, 0.3) is 17.4 Å². The Morgan fingerprint density at radius 1 is 1.30 bits per heavy atom. The van der Waals surface area contributed by atoms with Gasteiger partial charge in [0.2, 0.25) is 0 Å². The minimum atomic E-state index is -5.04. The number of aliphatic imine (C=N–C) groups is 1. The zero-order valence-electron chi connectivity index (χ0n) is 27.2. The summed E-state index contributed by atoms with van der Waals surface area (Å²) in [6.45, 7) is 4.31. The molecule has 0 spiro atoms. The summed E-state index contributed by atoms with van der Waals surface area (Å²) in [5, 5.41) is 28.0. The minimum Gasteiger partial charge on any atom is -0.485 e. The Labute approximate surface area is 290 Å². The number of ether oxygens (including phenoxy) is 1.